The van der Waals surface area contributed by atoms with Crippen LogP contribution < -0.4 is 10.1 Å². The molecule has 1 aliphatic rings. The summed E-state index contributed by atoms with van der Waals surface area (Å²) >= 11 is 0. The van der Waals surface area contributed by atoms with Gasteiger partial charge in [0.2, 0.25) is 0 Å². The Morgan fingerprint density at radius 2 is 1.84 bits per heavy atom. The second-order valence-corrected chi connectivity index (χ2v) is 9.55. The summed E-state index contributed by atoms with van der Waals surface area (Å²) in [5.41, 5.74) is 2.34. The topological polar surface area (TPSA) is 108 Å². The number of ether oxygens (including phenoxy) is 1. The maximum atomic E-state index is 13.6. The highest BCUT2D eigenvalue weighted by molar-refractivity contribution is 6.07. The number of para-hydroxylation sites is 1. The Morgan fingerprint density at radius 1 is 1.16 bits per heavy atom. The Kier molecular flexibility index (Phi) is 8.47. The molecule has 2 amide bonds. The molecule has 1 aliphatic heterocycles. The van der Waals surface area contributed by atoms with Crippen LogP contribution in [0.3, 0.4) is 0 Å². The lowest BCUT2D eigenvalue weighted by molar-refractivity contribution is 0.0343. The highest BCUT2D eigenvalue weighted by Crippen LogP contribution is 2.35. The molecule has 3 atom stereocenters. The second-order valence-electron chi connectivity index (χ2n) is 9.55. The summed E-state index contributed by atoms with van der Waals surface area (Å²) in [6, 6.07) is 12.0. The third-order valence-corrected chi connectivity index (χ3v) is 6.58. The summed E-state index contributed by atoms with van der Waals surface area (Å²) in [4.78, 5) is 38.5. The van der Waals surface area contributed by atoms with E-state index in [1.807, 2.05) is 33.0 Å². The van der Waals surface area contributed by atoms with E-state index in [4.69, 9.17) is 4.74 Å². The van der Waals surface area contributed by atoms with Crippen molar-refractivity contribution in [2.45, 2.75) is 32.5 Å². The van der Waals surface area contributed by atoms with E-state index >= 15 is 0 Å². The number of nitrogens with one attached hydrogen (secondary N) is 1. The molecule has 1 aromatic carbocycles. The fourth-order valence-corrected chi connectivity index (χ4v) is 4.43. The van der Waals surface area contributed by atoms with E-state index in [2.05, 4.69) is 20.2 Å². The summed E-state index contributed by atoms with van der Waals surface area (Å²) in [5, 5.41) is 12.8. The minimum Gasteiger partial charge on any atom is -0.486 e. The molecule has 3 heterocycles. The van der Waals surface area contributed by atoms with Crippen molar-refractivity contribution in [3.8, 4) is 5.75 Å². The standard InChI is InChI=1S/C28H33N5O4/c1-19-15-33(20(2)18-34)28(36)23-5-4-6-24(31-27(35)22-9-13-30-14-10-22)26(23)37-25(19)17-32(3)16-21-7-11-29-12-8-21/h4-14,19-20,25,34H,15-18H2,1-3H3,(H,31,35)/t19-,20+,25+/m1/s1. The zero-order valence-corrected chi connectivity index (χ0v) is 21.4. The van der Waals surface area contributed by atoms with E-state index < -0.39 is 0 Å². The number of rotatable bonds is 8. The smallest absolute Gasteiger partial charge is 0.258 e. The number of carbonyl (C=O) groups is 2. The highest BCUT2D eigenvalue weighted by Gasteiger charge is 2.34. The molecule has 0 fully saturated rings. The number of hydrogen-bond acceptors (Lipinski definition) is 7. The van der Waals surface area contributed by atoms with Crippen LogP contribution in [0.15, 0.2) is 67.3 Å². The first-order chi connectivity index (χ1) is 17.9. The number of likely N-dealkylation sites (N-methyl/N-ethyl adjacent to an activating group) is 1. The molecule has 37 heavy (non-hydrogen) atoms. The zero-order valence-electron chi connectivity index (χ0n) is 21.4. The summed E-state index contributed by atoms with van der Waals surface area (Å²) in [6.45, 7) is 5.44. The van der Waals surface area contributed by atoms with Crippen molar-refractivity contribution < 1.29 is 19.4 Å². The minimum atomic E-state index is -0.369. The molecule has 4 rings (SSSR count). The first kappa shape index (κ1) is 26.2. The van der Waals surface area contributed by atoms with Crippen molar-refractivity contribution in [3.63, 3.8) is 0 Å². The fraction of sp³-hybridized carbons (Fsp3) is 0.357. The molecule has 0 saturated carbocycles. The van der Waals surface area contributed by atoms with Gasteiger partial charge >= 0.3 is 0 Å². The van der Waals surface area contributed by atoms with Crippen molar-refractivity contribution in [2.75, 3.05) is 32.1 Å². The number of anilines is 1. The molecule has 0 aliphatic carbocycles. The van der Waals surface area contributed by atoms with Crippen LogP contribution in [0.5, 0.6) is 5.75 Å². The summed E-state index contributed by atoms with van der Waals surface area (Å²) in [5.74, 6) is -0.283. The number of amides is 2. The van der Waals surface area contributed by atoms with Gasteiger partial charge in [-0.25, -0.2) is 0 Å². The van der Waals surface area contributed by atoms with Gasteiger partial charge in [-0.2, -0.15) is 0 Å². The number of aliphatic hydroxyl groups excluding tert-OH is 1. The summed E-state index contributed by atoms with van der Waals surface area (Å²) in [6.07, 6.45) is 6.35. The third kappa shape index (κ3) is 6.31. The van der Waals surface area contributed by atoms with Crippen LogP contribution in [0.4, 0.5) is 5.69 Å². The third-order valence-electron chi connectivity index (χ3n) is 6.58. The van der Waals surface area contributed by atoms with Gasteiger partial charge in [0.25, 0.3) is 11.8 Å². The highest BCUT2D eigenvalue weighted by atomic mass is 16.5. The number of carbonyl (C=O) groups excluding carboxylic acids is 2. The van der Waals surface area contributed by atoms with Crippen LogP contribution in [-0.4, -0.2) is 75.6 Å². The van der Waals surface area contributed by atoms with Crippen LogP contribution >= 0.6 is 0 Å². The van der Waals surface area contributed by atoms with Crippen LogP contribution in [0.1, 0.15) is 40.1 Å². The van der Waals surface area contributed by atoms with Gasteiger partial charge in [0, 0.05) is 55.9 Å². The Balaban J connectivity index is 1.67. The SMILES string of the molecule is C[C@@H]1CN([C@@H](C)CO)C(=O)c2cccc(NC(=O)c3ccncc3)c2O[C@H]1CN(C)Cc1ccncc1. The van der Waals surface area contributed by atoms with E-state index in [1.165, 1.54) is 0 Å². The first-order valence-electron chi connectivity index (χ1n) is 12.4. The second kappa shape index (κ2) is 11.9. The molecule has 0 saturated heterocycles. The van der Waals surface area contributed by atoms with E-state index in [1.54, 1.807) is 60.0 Å². The minimum absolute atomic E-state index is 0.0463. The van der Waals surface area contributed by atoms with Crippen LogP contribution in [-0.2, 0) is 6.54 Å². The predicted molar refractivity (Wildman–Crippen MR) is 140 cm³/mol. The average molecular weight is 504 g/mol. The van der Waals surface area contributed by atoms with E-state index in [-0.39, 0.29) is 36.5 Å². The first-order valence-corrected chi connectivity index (χ1v) is 12.4. The van der Waals surface area contributed by atoms with Gasteiger partial charge in [-0.05, 0) is 55.9 Å². The lowest BCUT2D eigenvalue weighted by Gasteiger charge is -2.38. The van der Waals surface area contributed by atoms with Crippen molar-refractivity contribution in [1.29, 1.82) is 0 Å². The molecule has 0 bridgehead atoms. The Labute approximate surface area is 217 Å². The molecular formula is C28H33N5O4. The molecule has 3 aromatic rings. The van der Waals surface area contributed by atoms with Crippen molar-refractivity contribution in [2.24, 2.45) is 5.92 Å². The number of aliphatic hydroxyl groups is 1. The molecule has 9 heteroatoms. The molecular weight excluding hydrogens is 470 g/mol. The van der Waals surface area contributed by atoms with Crippen LogP contribution in [0, 0.1) is 5.92 Å². The van der Waals surface area contributed by atoms with Crippen molar-refractivity contribution in [1.82, 2.24) is 19.8 Å². The van der Waals surface area contributed by atoms with E-state index in [0.717, 1.165) is 5.56 Å². The van der Waals surface area contributed by atoms with Gasteiger partial charge in [-0.3, -0.25) is 24.5 Å². The van der Waals surface area contributed by atoms with Crippen LogP contribution in [0.25, 0.3) is 0 Å². The molecule has 0 radical (unpaired) electrons. The maximum Gasteiger partial charge on any atom is 0.258 e. The van der Waals surface area contributed by atoms with Gasteiger partial charge in [0.05, 0.1) is 23.9 Å². The number of fused-ring (bicyclic) bond motifs is 1. The maximum absolute atomic E-state index is 13.6. The zero-order chi connectivity index (χ0) is 26.4. The molecule has 0 unspecified atom stereocenters. The van der Waals surface area contributed by atoms with E-state index in [0.29, 0.717) is 42.2 Å². The average Bonchev–Trinajstić information content (AvgIpc) is 2.91. The Hall–Kier alpha value is -3.82. The molecule has 2 N–H and O–H groups in total. The van der Waals surface area contributed by atoms with Crippen molar-refractivity contribution in [3.05, 3.63) is 83.9 Å². The van der Waals surface area contributed by atoms with Gasteiger partial charge in [-0.1, -0.05) is 13.0 Å². The Morgan fingerprint density at radius 3 is 2.51 bits per heavy atom. The largest absolute Gasteiger partial charge is 0.486 e. The molecule has 9 nitrogen and oxygen atoms in total. The number of aromatic nitrogens is 2. The van der Waals surface area contributed by atoms with E-state index in [9.17, 15) is 14.7 Å². The monoisotopic (exact) mass is 503 g/mol. The lowest BCUT2D eigenvalue weighted by atomic mass is 9.98. The lowest BCUT2D eigenvalue weighted by Crippen LogP contribution is -2.49. The van der Waals surface area contributed by atoms with Crippen LogP contribution in [0.2, 0.25) is 0 Å². The van der Waals surface area contributed by atoms with Gasteiger partial charge in [-0.15, -0.1) is 0 Å². The predicted octanol–water partition coefficient (Wildman–Crippen LogP) is 3.08. The normalized spacial score (nSPS) is 18.4. The number of pyridine rings is 2. The van der Waals surface area contributed by atoms with Crippen molar-refractivity contribution >= 4 is 17.5 Å². The number of nitrogens with zero attached hydrogens (tertiary/aromatic N) is 4. The van der Waals surface area contributed by atoms with Gasteiger partial charge in [0.15, 0.2) is 5.75 Å². The molecule has 2 aromatic heterocycles. The fourth-order valence-electron chi connectivity index (χ4n) is 4.43. The quantitative estimate of drug-likeness (QED) is 0.486. The molecule has 194 valence electrons. The van der Waals surface area contributed by atoms with Gasteiger partial charge < -0.3 is 20.1 Å². The number of hydrogen-bond donors (Lipinski definition) is 2. The molecule has 0 spiro atoms. The number of benzene rings is 1. The summed E-state index contributed by atoms with van der Waals surface area (Å²) in [7, 11) is 2.02. The van der Waals surface area contributed by atoms with Gasteiger partial charge in [0.1, 0.15) is 6.10 Å². The Bertz CT molecular complexity index is 1210. The summed E-state index contributed by atoms with van der Waals surface area (Å²) < 4.78 is 6.57.